The maximum absolute atomic E-state index is 4.69. The SMILES string of the molecule is Cc1nn(Cc2cccc(Br)c2)c(C)c1CNCC(C)C. The zero-order valence-corrected chi connectivity index (χ0v) is 14.9. The fourth-order valence-corrected chi connectivity index (χ4v) is 2.88. The largest absolute Gasteiger partial charge is 0.312 e. The molecule has 0 radical (unpaired) electrons. The van der Waals surface area contributed by atoms with E-state index < -0.39 is 0 Å². The van der Waals surface area contributed by atoms with Gasteiger partial charge in [-0.3, -0.25) is 4.68 Å². The smallest absolute Gasteiger partial charge is 0.0663 e. The van der Waals surface area contributed by atoms with Gasteiger partial charge in [0.15, 0.2) is 0 Å². The Bertz CT molecular complexity index is 602. The number of aromatic nitrogens is 2. The molecule has 114 valence electrons. The first kappa shape index (κ1) is 16.2. The van der Waals surface area contributed by atoms with Crippen LogP contribution in [0.1, 0.15) is 36.4 Å². The van der Waals surface area contributed by atoms with Gasteiger partial charge >= 0.3 is 0 Å². The number of nitrogens with one attached hydrogen (secondary N) is 1. The quantitative estimate of drug-likeness (QED) is 0.852. The van der Waals surface area contributed by atoms with Crippen LogP contribution in [-0.2, 0) is 13.1 Å². The Balaban J connectivity index is 2.11. The van der Waals surface area contributed by atoms with Gasteiger partial charge in [0.25, 0.3) is 0 Å². The van der Waals surface area contributed by atoms with Crippen molar-refractivity contribution in [1.82, 2.24) is 15.1 Å². The minimum atomic E-state index is 0.669. The molecular formula is C17H24BrN3. The molecule has 2 rings (SSSR count). The van der Waals surface area contributed by atoms with Gasteiger partial charge in [0.2, 0.25) is 0 Å². The molecule has 0 fully saturated rings. The van der Waals surface area contributed by atoms with Gasteiger partial charge in [-0.05, 0) is 44.0 Å². The summed E-state index contributed by atoms with van der Waals surface area (Å²) in [5.74, 6) is 0.669. The summed E-state index contributed by atoms with van der Waals surface area (Å²) in [6.45, 7) is 11.5. The number of hydrogen-bond donors (Lipinski definition) is 1. The van der Waals surface area contributed by atoms with Crippen LogP contribution >= 0.6 is 15.9 Å². The Labute approximate surface area is 135 Å². The topological polar surface area (TPSA) is 29.9 Å². The van der Waals surface area contributed by atoms with E-state index >= 15 is 0 Å². The summed E-state index contributed by atoms with van der Waals surface area (Å²) in [6, 6.07) is 8.40. The molecule has 0 spiro atoms. The van der Waals surface area contributed by atoms with Crippen LogP contribution in [0.25, 0.3) is 0 Å². The molecule has 0 unspecified atom stereocenters. The molecule has 3 nitrogen and oxygen atoms in total. The molecule has 1 N–H and O–H groups in total. The third kappa shape index (κ3) is 4.42. The molecule has 0 aliphatic carbocycles. The van der Waals surface area contributed by atoms with Gasteiger partial charge in [-0.1, -0.05) is 41.9 Å². The number of halogens is 1. The fraction of sp³-hybridized carbons (Fsp3) is 0.471. The summed E-state index contributed by atoms with van der Waals surface area (Å²) < 4.78 is 3.21. The second-order valence-corrected chi connectivity index (χ2v) is 6.88. The van der Waals surface area contributed by atoms with Gasteiger partial charge in [0, 0.05) is 22.3 Å². The summed E-state index contributed by atoms with van der Waals surface area (Å²) >= 11 is 3.52. The predicted molar refractivity (Wildman–Crippen MR) is 91.5 cm³/mol. The molecule has 0 bridgehead atoms. The highest BCUT2D eigenvalue weighted by atomic mass is 79.9. The van der Waals surface area contributed by atoms with Gasteiger partial charge < -0.3 is 5.32 Å². The van der Waals surface area contributed by atoms with Crippen LogP contribution in [0.5, 0.6) is 0 Å². The summed E-state index contributed by atoms with van der Waals surface area (Å²) in [7, 11) is 0. The molecule has 0 aliphatic rings. The average Bonchev–Trinajstić information content (AvgIpc) is 2.66. The van der Waals surface area contributed by atoms with Crippen LogP contribution in [-0.4, -0.2) is 16.3 Å². The second kappa shape index (κ2) is 7.23. The first-order valence-corrected chi connectivity index (χ1v) is 8.24. The maximum Gasteiger partial charge on any atom is 0.0663 e. The van der Waals surface area contributed by atoms with Crippen LogP contribution in [0.3, 0.4) is 0 Å². The molecule has 0 aliphatic heterocycles. The Morgan fingerprint density at radius 1 is 1.29 bits per heavy atom. The number of nitrogens with zero attached hydrogens (tertiary/aromatic N) is 2. The lowest BCUT2D eigenvalue weighted by Gasteiger charge is -2.09. The predicted octanol–water partition coefficient (Wildman–Crippen LogP) is 4.06. The van der Waals surface area contributed by atoms with Crippen molar-refractivity contribution in [2.24, 2.45) is 5.92 Å². The number of rotatable bonds is 6. The van der Waals surface area contributed by atoms with Crippen LogP contribution in [0, 0.1) is 19.8 Å². The van der Waals surface area contributed by atoms with Gasteiger partial charge in [-0.25, -0.2) is 0 Å². The lowest BCUT2D eigenvalue weighted by atomic mass is 10.1. The van der Waals surface area contributed by atoms with E-state index in [4.69, 9.17) is 5.10 Å². The minimum Gasteiger partial charge on any atom is -0.312 e. The highest BCUT2D eigenvalue weighted by molar-refractivity contribution is 9.10. The molecule has 21 heavy (non-hydrogen) atoms. The average molecular weight is 350 g/mol. The Morgan fingerprint density at radius 2 is 2.05 bits per heavy atom. The van der Waals surface area contributed by atoms with Crippen molar-refractivity contribution < 1.29 is 0 Å². The normalized spacial score (nSPS) is 11.3. The van der Waals surface area contributed by atoms with Crippen molar-refractivity contribution in [2.45, 2.75) is 40.8 Å². The lowest BCUT2D eigenvalue weighted by molar-refractivity contribution is 0.550. The Morgan fingerprint density at radius 3 is 2.71 bits per heavy atom. The van der Waals surface area contributed by atoms with Gasteiger partial charge in [0.1, 0.15) is 0 Å². The number of hydrogen-bond acceptors (Lipinski definition) is 2. The number of benzene rings is 1. The molecular weight excluding hydrogens is 326 g/mol. The van der Waals surface area contributed by atoms with Crippen LogP contribution in [0.15, 0.2) is 28.7 Å². The van der Waals surface area contributed by atoms with Crippen molar-refractivity contribution in [3.05, 3.63) is 51.3 Å². The van der Waals surface area contributed by atoms with E-state index in [0.29, 0.717) is 5.92 Å². The molecule has 1 aromatic carbocycles. The van der Waals surface area contributed by atoms with Crippen molar-refractivity contribution in [1.29, 1.82) is 0 Å². The van der Waals surface area contributed by atoms with Gasteiger partial charge in [-0.2, -0.15) is 5.10 Å². The van der Waals surface area contributed by atoms with Crippen molar-refractivity contribution in [2.75, 3.05) is 6.54 Å². The zero-order valence-electron chi connectivity index (χ0n) is 13.3. The summed E-state index contributed by atoms with van der Waals surface area (Å²) in [5.41, 5.74) is 4.96. The van der Waals surface area contributed by atoms with Crippen LogP contribution in [0.2, 0.25) is 0 Å². The van der Waals surface area contributed by atoms with Crippen LogP contribution < -0.4 is 5.32 Å². The first-order valence-electron chi connectivity index (χ1n) is 7.45. The summed E-state index contributed by atoms with van der Waals surface area (Å²) in [4.78, 5) is 0. The molecule has 0 saturated heterocycles. The third-order valence-corrected chi connectivity index (χ3v) is 4.10. The van der Waals surface area contributed by atoms with Gasteiger partial charge in [0.05, 0.1) is 12.2 Å². The molecule has 0 amide bonds. The highest BCUT2D eigenvalue weighted by Crippen LogP contribution is 2.17. The minimum absolute atomic E-state index is 0.669. The molecule has 1 aromatic heterocycles. The van der Waals surface area contributed by atoms with Crippen molar-refractivity contribution in [3.63, 3.8) is 0 Å². The van der Waals surface area contributed by atoms with Crippen molar-refractivity contribution in [3.8, 4) is 0 Å². The maximum atomic E-state index is 4.69. The van der Waals surface area contributed by atoms with E-state index in [9.17, 15) is 0 Å². The zero-order chi connectivity index (χ0) is 15.4. The molecule has 1 heterocycles. The standard InChI is InChI=1S/C17H24BrN3/c1-12(2)9-19-10-17-13(3)20-21(14(17)4)11-15-6-5-7-16(18)8-15/h5-8,12,19H,9-11H2,1-4H3. The Hall–Kier alpha value is -1.13. The van der Waals surface area contributed by atoms with Crippen LogP contribution in [0.4, 0.5) is 0 Å². The van der Waals surface area contributed by atoms with E-state index in [0.717, 1.165) is 29.8 Å². The monoisotopic (exact) mass is 349 g/mol. The van der Waals surface area contributed by atoms with E-state index in [1.807, 2.05) is 6.07 Å². The summed E-state index contributed by atoms with van der Waals surface area (Å²) in [6.07, 6.45) is 0. The fourth-order valence-electron chi connectivity index (χ4n) is 2.44. The first-order chi connectivity index (χ1) is 9.97. The van der Waals surface area contributed by atoms with Gasteiger partial charge in [-0.15, -0.1) is 0 Å². The molecule has 0 atom stereocenters. The summed E-state index contributed by atoms with van der Waals surface area (Å²) in [5, 5.41) is 8.20. The third-order valence-electron chi connectivity index (χ3n) is 3.61. The Kier molecular flexibility index (Phi) is 5.59. The molecule has 4 heteroatoms. The van der Waals surface area contributed by atoms with E-state index in [-0.39, 0.29) is 0 Å². The van der Waals surface area contributed by atoms with Crippen molar-refractivity contribution >= 4 is 15.9 Å². The molecule has 2 aromatic rings. The number of aryl methyl sites for hydroxylation is 1. The van der Waals surface area contributed by atoms with E-state index in [1.165, 1.54) is 16.8 Å². The van der Waals surface area contributed by atoms with E-state index in [1.54, 1.807) is 0 Å². The highest BCUT2D eigenvalue weighted by Gasteiger charge is 2.11. The molecule has 0 saturated carbocycles. The lowest BCUT2D eigenvalue weighted by Crippen LogP contribution is -2.19. The van der Waals surface area contributed by atoms with E-state index in [2.05, 4.69) is 71.8 Å². The second-order valence-electron chi connectivity index (χ2n) is 5.96.